The van der Waals surface area contributed by atoms with Crippen LogP contribution in [0.25, 0.3) is 5.70 Å². The zero-order valence-corrected chi connectivity index (χ0v) is 19.5. The number of benzene rings is 1. The summed E-state index contributed by atoms with van der Waals surface area (Å²) in [4.78, 5) is 25.2. The second-order valence-electron chi connectivity index (χ2n) is 6.08. The predicted octanol–water partition coefficient (Wildman–Crippen LogP) is 5.02. The summed E-state index contributed by atoms with van der Waals surface area (Å²) in [5.41, 5.74) is 3.17. The summed E-state index contributed by atoms with van der Waals surface area (Å²) >= 11 is 6.17. The number of halogens is 1. The van der Waals surface area contributed by atoms with Crippen LogP contribution in [0.4, 0.5) is 0 Å². The molecule has 0 fully saturated rings. The molecule has 0 aliphatic rings. The summed E-state index contributed by atoms with van der Waals surface area (Å²) in [6.07, 6.45) is 5.69. The molecular formula is C21H23BrNO3S2+. The van der Waals surface area contributed by atoms with Crippen molar-refractivity contribution in [1.29, 1.82) is 0 Å². The Morgan fingerprint density at radius 1 is 1.11 bits per heavy atom. The Morgan fingerprint density at radius 2 is 1.71 bits per heavy atom. The van der Waals surface area contributed by atoms with E-state index in [4.69, 9.17) is 4.74 Å². The Hall–Kier alpha value is -1.57. The van der Waals surface area contributed by atoms with Gasteiger partial charge in [-0.1, -0.05) is 28.1 Å². The number of thioether (sulfide) groups is 2. The minimum atomic E-state index is -0.398. The van der Waals surface area contributed by atoms with Crippen LogP contribution in [0.15, 0.2) is 51.4 Å². The molecule has 0 atom stereocenters. The van der Waals surface area contributed by atoms with Gasteiger partial charge >= 0.3 is 11.7 Å². The van der Waals surface area contributed by atoms with Gasteiger partial charge in [0.25, 0.3) is 0 Å². The maximum absolute atomic E-state index is 12.7. The molecule has 0 N–H and O–H groups in total. The molecule has 1 heterocycles. The van der Waals surface area contributed by atoms with Gasteiger partial charge in [-0.2, -0.15) is 4.57 Å². The third kappa shape index (κ3) is 6.22. The first-order valence-electron chi connectivity index (χ1n) is 8.72. The van der Waals surface area contributed by atoms with Crippen molar-refractivity contribution < 1.29 is 18.9 Å². The summed E-state index contributed by atoms with van der Waals surface area (Å²) < 4.78 is 8.77. The Morgan fingerprint density at radius 3 is 2.25 bits per heavy atom. The molecule has 4 nitrogen and oxygen atoms in total. The lowest BCUT2D eigenvalue weighted by Crippen LogP contribution is -2.38. The fourth-order valence-electron chi connectivity index (χ4n) is 2.61. The summed E-state index contributed by atoms with van der Waals surface area (Å²) in [6, 6.07) is 9.32. The molecule has 0 amide bonds. The monoisotopic (exact) mass is 480 g/mol. The molecule has 7 heteroatoms. The van der Waals surface area contributed by atoms with Gasteiger partial charge < -0.3 is 4.74 Å². The zero-order chi connectivity index (χ0) is 20.7. The summed E-state index contributed by atoms with van der Waals surface area (Å²) in [6.45, 7) is 6.03. The number of carbonyl (C=O) groups excluding carboxylic acids is 2. The molecule has 2 rings (SSSR count). The molecule has 0 radical (unpaired) electrons. The molecule has 0 unspecified atom stereocenters. The number of nitrogens with zero attached hydrogens (tertiary/aromatic N) is 1. The van der Waals surface area contributed by atoms with Crippen LogP contribution in [0, 0.1) is 13.8 Å². The number of hydrogen-bond donors (Lipinski definition) is 0. The number of ketones is 1. The SMILES string of the molecule is CCOC(=O)/C(=C(\SC)SCC(=O)c1ccc(Br)cc1)[n+]1cc(C)cc(C)c1. The van der Waals surface area contributed by atoms with E-state index in [2.05, 4.69) is 15.9 Å². The number of esters is 1. The lowest BCUT2D eigenvalue weighted by atomic mass is 10.2. The van der Waals surface area contributed by atoms with Crippen LogP contribution < -0.4 is 4.57 Å². The third-order valence-electron chi connectivity index (χ3n) is 3.75. The number of ether oxygens (including phenoxy) is 1. The van der Waals surface area contributed by atoms with Crippen molar-refractivity contribution in [2.45, 2.75) is 20.8 Å². The second-order valence-corrected chi connectivity index (χ2v) is 9.05. The van der Waals surface area contributed by atoms with Crippen molar-refractivity contribution in [2.24, 2.45) is 0 Å². The molecular weight excluding hydrogens is 458 g/mol. The number of hydrogen-bond acceptors (Lipinski definition) is 5. The lowest BCUT2D eigenvalue weighted by Gasteiger charge is -2.09. The molecule has 0 aliphatic carbocycles. The minimum Gasteiger partial charge on any atom is -0.458 e. The van der Waals surface area contributed by atoms with E-state index in [1.807, 2.05) is 50.7 Å². The topological polar surface area (TPSA) is 47.3 Å². The predicted molar refractivity (Wildman–Crippen MR) is 120 cm³/mol. The number of aryl methyl sites for hydroxylation is 2. The normalized spacial score (nSPS) is 11.8. The highest BCUT2D eigenvalue weighted by Gasteiger charge is 2.28. The van der Waals surface area contributed by atoms with Gasteiger partial charge in [0.05, 0.1) is 12.4 Å². The van der Waals surface area contributed by atoms with Crippen LogP contribution in [0.3, 0.4) is 0 Å². The van der Waals surface area contributed by atoms with Crippen LogP contribution in [-0.2, 0) is 9.53 Å². The van der Waals surface area contributed by atoms with Crippen LogP contribution in [0.5, 0.6) is 0 Å². The Bertz CT molecular complexity index is 875. The molecule has 28 heavy (non-hydrogen) atoms. The summed E-state index contributed by atoms with van der Waals surface area (Å²) in [5, 5.41) is 0. The molecule has 148 valence electrons. The van der Waals surface area contributed by atoms with E-state index >= 15 is 0 Å². The van der Waals surface area contributed by atoms with Crippen molar-refractivity contribution in [2.75, 3.05) is 18.6 Å². The smallest absolute Gasteiger partial charge is 0.405 e. The molecule has 0 bridgehead atoms. The van der Waals surface area contributed by atoms with Gasteiger partial charge in [-0.05, 0) is 45.2 Å². The largest absolute Gasteiger partial charge is 0.458 e. The third-order valence-corrected chi connectivity index (χ3v) is 6.56. The number of pyridine rings is 1. The lowest BCUT2D eigenvalue weighted by molar-refractivity contribution is -0.579. The molecule has 1 aromatic carbocycles. The molecule has 1 aromatic heterocycles. The highest BCUT2D eigenvalue weighted by Crippen LogP contribution is 2.31. The van der Waals surface area contributed by atoms with E-state index < -0.39 is 5.97 Å². The van der Waals surface area contributed by atoms with Crippen molar-refractivity contribution in [1.82, 2.24) is 0 Å². The number of Topliss-reactive ketones (excluding diaryl/α,β-unsaturated/α-hetero) is 1. The second kappa shape index (κ2) is 10.8. The van der Waals surface area contributed by atoms with Crippen molar-refractivity contribution >= 4 is 56.9 Å². The molecule has 0 aliphatic heterocycles. The van der Waals surface area contributed by atoms with Gasteiger partial charge in [-0.25, -0.2) is 4.79 Å². The fraction of sp³-hybridized carbons (Fsp3) is 0.286. The van der Waals surface area contributed by atoms with E-state index in [9.17, 15) is 9.59 Å². The highest BCUT2D eigenvalue weighted by atomic mass is 79.9. The first-order valence-corrected chi connectivity index (χ1v) is 11.7. The Balaban J connectivity index is 2.36. The van der Waals surface area contributed by atoms with E-state index in [1.165, 1.54) is 23.5 Å². The van der Waals surface area contributed by atoms with Crippen LogP contribution in [-0.4, -0.2) is 30.4 Å². The average Bonchev–Trinajstić information content (AvgIpc) is 2.64. The van der Waals surface area contributed by atoms with E-state index in [0.29, 0.717) is 11.3 Å². The maximum Gasteiger partial charge on any atom is 0.405 e. The zero-order valence-electron chi connectivity index (χ0n) is 16.3. The average molecular weight is 481 g/mol. The first-order chi connectivity index (χ1) is 13.3. The van der Waals surface area contributed by atoms with Crippen LogP contribution >= 0.6 is 39.5 Å². The van der Waals surface area contributed by atoms with Crippen molar-refractivity contribution in [3.63, 3.8) is 0 Å². The van der Waals surface area contributed by atoms with Crippen LogP contribution in [0.1, 0.15) is 28.4 Å². The number of aromatic nitrogens is 1. The van der Waals surface area contributed by atoms with E-state index in [-0.39, 0.29) is 18.1 Å². The van der Waals surface area contributed by atoms with Gasteiger partial charge in [0.2, 0.25) is 0 Å². The fourth-order valence-corrected chi connectivity index (χ4v) is 4.66. The van der Waals surface area contributed by atoms with E-state index in [1.54, 1.807) is 23.6 Å². The first kappa shape index (κ1) is 22.7. The molecule has 0 saturated carbocycles. The van der Waals surface area contributed by atoms with Crippen molar-refractivity contribution in [3.8, 4) is 0 Å². The minimum absolute atomic E-state index is 0.0117. The van der Waals surface area contributed by atoms with Gasteiger partial charge in [0, 0.05) is 21.2 Å². The number of carbonyl (C=O) groups is 2. The van der Waals surface area contributed by atoms with Crippen LogP contribution in [0.2, 0.25) is 0 Å². The maximum atomic E-state index is 12.7. The molecule has 2 aromatic rings. The van der Waals surface area contributed by atoms with E-state index in [0.717, 1.165) is 19.8 Å². The Kier molecular flexibility index (Phi) is 8.79. The molecule has 0 spiro atoms. The summed E-state index contributed by atoms with van der Waals surface area (Å²) in [7, 11) is 0. The Labute approximate surface area is 182 Å². The summed E-state index contributed by atoms with van der Waals surface area (Å²) in [5.74, 6) is -0.144. The number of rotatable bonds is 8. The van der Waals surface area contributed by atoms with Gasteiger partial charge in [-0.3, -0.25) is 4.79 Å². The van der Waals surface area contributed by atoms with Gasteiger partial charge in [0.15, 0.2) is 18.2 Å². The highest BCUT2D eigenvalue weighted by molar-refractivity contribution is 9.10. The standard InChI is InChI=1S/C21H23BrNO3S2/c1-5-26-20(25)19(23-11-14(2)10-15(3)12-23)21(27-4)28-13-18(24)16-6-8-17(22)9-7-16/h6-12H,5,13H2,1-4H3/q+1/b21-19-. The van der Waals surface area contributed by atoms with Gasteiger partial charge in [-0.15, -0.1) is 23.5 Å². The van der Waals surface area contributed by atoms with Crippen molar-refractivity contribution in [3.05, 3.63) is 68.1 Å². The van der Waals surface area contributed by atoms with Gasteiger partial charge in [0.1, 0.15) is 4.24 Å². The quantitative estimate of drug-likeness (QED) is 0.229. The molecule has 0 saturated heterocycles.